The van der Waals surface area contributed by atoms with Gasteiger partial charge in [0.05, 0.1) is 6.07 Å². The number of alkyl carbamates (subject to hydrolysis) is 1. The van der Waals surface area contributed by atoms with E-state index in [-0.39, 0.29) is 18.9 Å². The predicted molar refractivity (Wildman–Crippen MR) is 139 cm³/mol. The van der Waals surface area contributed by atoms with E-state index < -0.39 is 48.0 Å². The Morgan fingerprint density at radius 2 is 1.76 bits per heavy atom. The van der Waals surface area contributed by atoms with Crippen molar-refractivity contribution in [3.8, 4) is 18.4 Å². The summed E-state index contributed by atoms with van der Waals surface area (Å²) in [5.41, 5.74) is 5.44. The molecular formula is C27H37N5O5. The summed E-state index contributed by atoms with van der Waals surface area (Å²) < 4.78 is 5.26. The zero-order valence-electron chi connectivity index (χ0n) is 22.2. The average molecular weight is 512 g/mol. The minimum atomic E-state index is -1.27. The fourth-order valence-corrected chi connectivity index (χ4v) is 3.63. The minimum absolute atomic E-state index is 0.147. The number of nitrogens with one attached hydrogen (secondary N) is 2. The van der Waals surface area contributed by atoms with Crippen LogP contribution in [0.3, 0.4) is 0 Å². The molecule has 0 radical (unpaired) electrons. The van der Waals surface area contributed by atoms with Crippen molar-refractivity contribution in [1.82, 2.24) is 15.5 Å². The molecule has 0 bridgehead atoms. The number of nitriles is 1. The molecule has 0 fully saturated rings. The molecule has 0 aliphatic carbocycles. The molecule has 0 spiro atoms. The number of nitrogens with zero attached hydrogens (tertiary/aromatic N) is 2. The van der Waals surface area contributed by atoms with Crippen LogP contribution in [-0.4, -0.2) is 52.9 Å². The highest BCUT2D eigenvalue weighted by molar-refractivity contribution is 5.92. The summed E-state index contributed by atoms with van der Waals surface area (Å²) >= 11 is 0. The lowest BCUT2D eigenvalue weighted by atomic mass is 10.00. The van der Waals surface area contributed by atoms with Gasteiger partial charge in [0.1, 0.15) is 24.2 Å². The van der Waals surface area contributed by atoms with Gasteiger partial charge in [-0.05, 0) is 58.2 Å². The van der Waals surface area contributed by atoms with E-state index in [0.29, 0.717) is 17.5 Å². The van der Waals surface area contributed by atoms with Crippen LogP contribution >= 0.6 is 0 Å². The van der Waals surface area contributed by atoms with Crippen LogP contribution in [0.15, 0.2) is 24.3 Å². The molecule has 200 valence electrons. The Labute approximate surface area is 218 Å². The van der Waals surface area contributed by atoms with Gasteiger partial charge in [0.25, 0.3) is 0 Å². The summed E-state index contributed by atoms with van der Waals surface area (Å²) in [6, 6.07) is 5.75. The minimum Gasteiger partial charge on any atom is -0.444 e. The fraction of sp³-hybridized carbons (Fsp3) is 0.519. The number of carbonyl (C=O) groups is 4. The molecular weight excluding hydrogens is 474 g/mol. The monoisotopic (exact) mass is 511 g/mol. The molecule has 3 atom stereocenters. The smallest absolute Gasteiger partial charge is 0.408 e. The quantitative estimate of drug-likeness (QED) is 0.289. The summed E-state index contributed by atoms with van der Waals surface area (Å²) in [5, 5.41) is 14.9. The lowest BCUT2D eigenvalue weighted by molar-refractivity contribution is -0.142. The second-order valence-electron chi connectivity index (χ2n) is 9.70. The van der Waals surface area contributed by atoms with E-state index in [9.17, 15) is 24.4 Å². The van der Waals surface area contributed by atoms with Crippen LogP contribution in [0.4, 0.5) is 4.79 Å². The molecule has 1 rings (SSSR count). The average Bonchev–Trinajstić information content (AvgIpc) is 2.80. The summed E-state index contributed by atoms with van der Waals surface area (Å²) in [6.07, 6.45) is 5.75. The molecule has 10 nitrogen and oxygen atoms in total. The molecule has 37 heavy (non-hydrogen) atoms. The Morgan fingerprint density at radius 1 is 1.14 bits per heavy atom. The van der Waals surface area contributed by atoms with E-state index in [1.807, 2.05) is 19.9 Å². The third-order valence-corrected chi connectivity index (χ3v) is 5.26. The van der Waals surface area contributed by atoms with Gasteiger partial charge in [-0.2, -0.15) is 5.26 Å². The first-order valence-corrected chi connectivity index (χ1v) is 12.1. The summed E-state index contributed by atoms with van der Waals surface area (Å²) in [4.78, 5) is 52.2. The van der Waals surface area contributed by atoms with Crippen molar-refractivity contribution in [2.24, 2.45) is 5.73 Å². The van der Waals surface area contributed by atoms with Crippen LogP contribution in [-0.2, 0) is 19.1 Å². The maximum Gasteiger partial charge on any atom is 0.408 e. The molecule has 0 saturated carbocycles. The molecule has 3 unspecified atom stereocenters. The Hall–Kier alpha value is -4.05. The topological polar surface area (TPSA) is 155 Å². The largest absolute Gasteiger partial charge is 0.444 e. The van der Waals surface area contributed by atoms with E-state index in [0.717, 1.165) is 11.3 Å². The van der Waals surface area contributed by atoms with Gasteiger partial charge in [-0.1, -0.05) is 31.4 Å². The molecule has 0 aliphatic rings. The van der Waals surface area contributed by atoms with Gasteiger partial charge < -0.3 is 26.0 Å². The molecule has 1 aromatic carbocycles. The van der Waals surface area contributed by atoms with Crippen molar-refractivity contribution in [1.29, 1.82) is 5.26 Å². The third-order valence-electron chi connectivity index (χ3n) is 5.26. The van der Waals surface area contributed by atoms with E-state index in [2.05, 4.69) is 16.6 Å². The zero-order valence-corrected chi connectivity index (χ0v) is 22.2. The third kappa shape index (κ3) is 10.6. The SMILES string of the molecule is C#Cc1ccc(C(C(=O)NC(C)CCC)N(CC#N)C(=O)C(CCC(N)=O)NC(=O)OC(C)(C)C)cc1. The second-order valence-corrected chi connectivity index (χ2v) is 9.70. The van der Waals surface area contributed by atoms with Gasteiger partial charge >= 0.3 is 6.09 Å². The zero-order chi connectivity index (χ0) is 28.2. The molecule has 4 N–H and O–H groups in total. The van der Waals surface area contributed by atoms with Gasteiger partial charge in [-0.3, -0.25) is 14.4 Å². The highest BCUT2D eigenvalue weighted by Crippen LogP contribution is 2.24. The number of benzene rings is 1. The molecule has 0 heterocycles. The number of amides is 4. The Kier molecular flexibility index (Phi) is 12.1. The Morgan fingerprint density at radius 3 is 2.24 bits per heavy atom. The van der Waals surface area contributed by atoms with Gasteiger partial charge in [0.2, 0.25) is 17.7 Å². The fourth-order valence-electron chi connectivity index (χ4n) is 3.63. The first-order valence-electron chi connectivity index (χ1n) is 12.1. The van der Waals surface area contributed by atoms with E-state index in [1.165, 1.54) is 0 Å². The molecule has 1 aromatic rings. The molecule has 4 amide bonds. The highest BCUT2D eigenvalue weighted by Gasteiger charge is 2.36. The van der Waals surface area contributed by atoms with Gasteiger partial charge in [-0.15, -0.1) is 6.42 Å². The van der Waals surface area contributed by atoms with Crippen LogP contribution in [0.1, 0.15) is 77.5 Å². The number of nitrogens with two attached hydrogens (primary N) is 1. The summed E-state index contributed by atoms with van der Waals surface area (Å²) in [5.74, 6) is 0.584. The van der Waals surface area contributed by atoms with E-state index in [4.69, 9.17) is 16.9 Å². The number of rotatable bonds is 12. The molecule has 0 aromatic heterocycles. The first kappa shape index (κ1) is 31.0. The van der Waals surface area contributed by atoms with Gasteiger partial charge in [0, 0.05) is 18.0 Å². The van der Waals surface area contributed by atoms with Gasteiger partial charge in [0.15, 0.2) is 0 Å². The molecule has 0 aliphatic heterocycles. The van der Waals surface area contributed by atoms with Crippen molar-refractivity contribution < 1.29 is 23.9 Å². The maximum absolute atomic E-state index is 13.7. The Balaban J connectivity index is 3.48. The highest BCUT2D eigenvalue weighted by atomic mass is 16.6. The summed E-state index contributed by atoms with van der Waals surface area (Å²) in [7, 11) is 0. The van der Waals surface area contributed by atoms with Crippen molar-refractivity contribution in [2.75, 3.05) is 6.54 Å². The number of primary amides is 1. The number of hydrogen-bond acceptors (Lipinski definition) is 6. The van der Waals surface area contributed by atoms with E-state index in [1.54, 1.807) is 45.0 Å². The predicted octanol–water partition coefficient (Wildman–Crippen LogP) is 2.52. The van der Waals surface area contributed by atoms with Crippen molar-refractivity contribution in [2.45, 2.75) is 84.0 Å². The van der Waals surface area contributed by atoms with E-state index >= 15 is 0 Å². The number of terminal acetylenes is 1. The van der Waals surface area contributed by atoms with Gasteiger partial charge in [-0.25, -0.2) is 4.79 Å². The van der Waals surface area contributed by atoms with Crippen LogP contribution in [0.2, 0.25) is 0 Å². The van der Waals surface area contributed by atoms with Crippen LogP contribution in [0, 0.1) is 23.7 Å². The lowest BCUT2D eigenvalue weighted by Crippen LogP contribution is -2.53. The normalized spacial score (nSPS) is 13.2. The van der Waals surface area contributed by atoms with Crippen molar-refractivity contribution in [3.63, 3.8) is 0 Å². The second kappa shape index (κ2) is 14.5. The number of carbonyl (C=O) groups excluding carboxylic acids is 4. The van der Waals surface area contributed by atoms with Crippen LogP contribution in [0.25, 0.3) is 0 Å². The Bertz CT molecular complexity index is 1030. The standard InChI is InChI=1S/C27H37N5O5/c1-7-9-18(3)30-24(34)23(20-12-10-19(8-2)11-13-20)32(17-16-28)25(35)21(14-15-22(29)33)31-26(36)37-27(4,5)6/h2,10-13,18,21,23H,7,9,14-15,17H2,1,3-6H3,(H2,29,33)(H,30,34)(H,31,36). The molecule has 10 heteroatoms. The van der Waals surface area contributed by atoms with Crippen LogP contribution < -0.4 is 16.4 Å². The lowest BCUT2D eigenvalue weighted by Gasteiger charge is -2.33. The van der Waals surface area contributed by atoms with Crippen molar-refractivity contribution in [3.05, 3.63) is 35.4 Å². The molecule has 0 saturated heterocycles. The number of ether oxygens (including phenoxy) is 1. The summed E-state index contributed by atoms with van der Waals surface area (Å²) in [6.45, 7) is 8.34. The maximum atomic E-state index is 13.7. The van der Waals surface area contributed by atoms with Crippen LogP contribution in [0.5, 0.6) is 0 Å². The number of hydrogen-bond donors (Lipinski definition) is 3. The van der Waals surface area contributed by atoms with Crippen molar-refractivity contribution >= 4 is 23.8 Å². The first-order chi connectivity index (χ1) is 17.3.